The van der Waals surface area contributed by atoms with Crippen molar-refractivity contribution in [3.63, 3.8) is 0 Å². The molecule has 168 valence electrons. The summed E-state index contributed by atoms with van der Waals surface area (Å²) in [5.74, 6) is 0.564. The number of anilines is 3. The van der Waals surface area contributed by atoms with Crippen molar-refractivity contribution in [1.29, 1.82) is 0 Å². The van der Waals surface area contributed by atoms with Gasteiger partial charge in [-0.2, -0.15) is 0 Å². The van der Waals surface area contributed by atoms with Gasteiger partial charge >= 0.3 is 0 Å². The van der Waals surface area contributed by atoms with Crippen LogP contribution in [0, 0.1) is 5.92 Å². The molecule has 0 spiro atoms. The number of hydrogen-bond donors (Lipinski definition) is 1. The van der Waals surface area contributed by atoms with Gasteiger partial charge in [0.2, 0.25) is 17.7 Å². The van der Waals surface area contributed by atoms with E-state index in [9.17, 15) is 14.4 Å². The van der Waals surface area contributed by atoms with Gasteiger partial charge in [-0.05, 0) is 49.7 Å². The second kappa shape index (κ2) is 9.30. The monoisotopic (exact) mass is 437 g/mol. The first kappa shape index (κ1) is 21.7. The van der Waals surface area contributed by atoms with Gasteiger partial charge in [-0.3, -0.25) is 14.4 Å². The van der Waals surface area contributed by atoms with Crippen LogP contribution in [0.1, 0.15) is 26.2 Å². The van der Waals surface area contributed by atoms with Crippen LogP contribution in [-0.4, -0.2) is 44.5 Å². The van der Waals surface area contributed by atoms with Gasteiger partial charge in [-0.25, -0.2) is 0 Å². The first-order chi connectivity index (χ1) is 15.5. The van der Waals surface area contributed by atoms with Crippen molar-refractivity contribution >= 4 is 34.8 Å². The molecule has 2 heterocycles. The molecular weight excluding hydrogens is 410 g/mol. The number of nitrogens with one attached hydrogen (secondary N) is 1. The predicted molar refractivity (Wildman–Crippen MR) is 121 cm³/mol. The highest BCUT2D eigenvalue weighted by atomic mass is 16.5. The van der Waals surface area contributed by atoms with Crippen molar-refractivity contribution in [2.45, 2.75) is 26.2 Å². The number of carbonyl (C=O) groups is 3. The molecule has 2 fully saturated rings. The number of methoxy groups -OCH3 is 1. The van der Waals surface area contributed by atoms with E-state index in [2.05, 4.69) is 5.32 Å². The molecule has 0 aliphatic carbocycles. The van der Waals surface area contributed by atoms with E-state index in [1.54, 1.807) is 28.0 Å². The van der Waals surface area contributed by atoms with E-state index in [4.69, 9.17) is 9.47 Å². The van der Waals surface area contributed by atoms with Crippen molar-refractivity contribution < 1.29 is 23.9 Å². The Bertz CT molecular complexity index is 1020. The normalized spacial score (nSPS) is 18.2. The maximum absolute atomic E-state index is 12.9. The first-order valence-corrected chi connectivity index (χ1v) is 10.8. The fraction of sp³-hybridized carbons (Fsp3) is 0.375. The Morgan fingerprint density at radius 1 is 1.09 bits per heavy atom. The minimum atomic E-state index is -0.458. The lowest BCUT2D eigenvalue weighted by Crippen LogP contribution is -2.28. The van der Waals surface area contributed by atoms with Gasteiger partial charge in [0.05, 0.1) is 25.3 Å². The fourth-order valence-electron chi connectivity index (χ4n) is 4.15. The molecule has 32 heavy (non-hydrogen) atoms. The summed E-state index contributed by atoms with van der Waals surface area (Å²) < 4.78 is 10.9. The predicted octanol–water partition coefficient (Wildman–Crippen LogP) is 3.21. The molecule has 2 aromatic carbocycles. The van der Waals surface area contributed by atoms with E-state index < -0.39 is 5.92 Å². The quantitative estimate of drug-likeness (QED) is 0.719. The summed E-state index contributed by atoms with van der Waals surface area (Å²) in [4.78, 5) is 40.8. The molecule has 0 unspecified atom stereocenters. The molecule has 2 aliphatic rings. The topological polar surface area (TPSA) is 88.2 Å². The summed E-state index contributed by atoms with van der Waals surface area (Å²) in [6.07, 6.45) is 1.50. The van der Waals surface area contributed by atoms with Crippen LogP contribution in [0.25, 0.3) is 0 Å². The van der Waals surface area contributed by atoms with Crippen molar-refractivity contribution in [3.8, 4) is 11.5 Å². The summed E-state index contributed by atoms with van der Waals surface area (Å²) in [5.41, 5.74) is 2.01. The number of carbonyl (C=O) groups excluding carboxylic acids is 3. The van der Waals surface area contributed by atoms with Crippen molar-refractivity contribution in [2.24, 2.45) is 5.92 Å². The number of benzene rings is 2. The van der Waals surface area contributed by atoms with Crippen LogP contribution in [0.5, 0.6) is 11.5 Å². The van der Waals surface area contributed by atoms with Gasteiger partial charge in [0.1, 0.15) is 11.5 Å². The van der Waals surface area contributed by atoms with Crippen LogP contribution in [0.4, 0.5) is 17.1 Å². The summed E-state index contributed by atoms with van der Waals surface area (Å²) >= 11 is 0. The first-order valence-electron chi connectivity index (χ1n) is 10.8. The molecule has 4 rings (SSSR count). The Hall–Kier alpha value is -3.55. The number of ether oxygens (including phenoxy) is 2. The lowest BCUT2D eigenvalue weighted by Gasteiger charge is -2.20. The zero-order chi connectivity index (χ0) is 22.7. The van der Waals surface area contributed by atoms with Crippen molar-refractivity contribution in [1.82, 2.24) is 0 Å². The van der Waals surface area contributed by atoms with Crippen molar-refractivity contribution in [2.75, 3.05) is 41.9 Å². The molecule has 0 radical (unpaired) electrons. The summed E-state index contributed by atoms with van der Waals surface area (Å²) in [6.45, 7) is 3.46. The van der Waals surface area contributed by atoms with Gasteiger partial charge in [0.25, 0.3) is 0 Å². The summed E-state index contributed by atoms with van der Waals surface area (Å²) in [6, 6.07) is 12.5. The van der Waals surface area contributed by atoms with Crippen LogP contribution < -0.4 is 24.6 Å². The lowest BCUT2D eigenvalue weighted by atomic mass is 10.1. The molecule has 8 heteroatoms. The van der Waals surface area contributed by atoms with Crippen LogP contribution in [0.3, 0.4) is 0 Å². The maximum Gasteiger partial charge on any atom is 0.229 e. The number of nitrogens with zero attached hydrogens (tertiary/aromatic N) is 2. The van der Waals surface area contributed by atoms with Gasteiger partial charge in [0.15, 0.2) is 0 Å². The Balaban J connectivity index is 1.42. The minimum Gasteiger partial charge on any atom is -0.494 e. The van der Waals surface area contributed by atoms with E-state index in [0.717, 1.165) is 17.9 Å². The summed E-state index contributed by atoms with van der Waals surface area (Å²) in [5, 5.41) is 2.88. The van der Waals surface area contributed by atoms with Gasteiger partial charge in [0, 0.05) is 43.4 Å². The average molecular weight is 437 g/mol. The van der Waals surface area contributed by atoms with E-state index in [1.165, 1.54) is 7.11 Å². The second-order valence-corrected chi connectivity index (χ2v) is 7.86. The molecule has 1 N–H and O–H groups in total. The number of rotatable bonds is 7. The number of amides is 3. The van der Waals surface area contributed by atoms with E-state index >= 15 is 0 Å². The average Bonchev–Trinajstić information content (AvgIpc) is 3.40. The second-order valence-electron chi connectivity index (χ2n) is 7.86. The SMILES string of the molecule is CCOc1ccc(N2C[C@@H](C(=O)Nc3ccc(N4CCCC4=O)c(OC)c3)CC2=O)cc1. The van der Waals surface area contributed by atoms with Crippen LogP contribution in [0.15, 0.2) is 42.5 Å². The third-order valence-corrected chi connectivity index (χ3v) is 5.77. The van der Waals surface area contributed by atoms with Gasteiger partial charge < -0.3 is 24.6 Å². The Kier molecular flexibility index (Phi) is 6.30. The third kappa shape index (κ3) is 4.39. The Labute approximate surface area is 187 Å². The molecule has 0 aromatic heterocycles. The smallest absolute Gasteiger partial charge is 0.229 e. The molecular formula is C24H27N3O5. The van der Waals surface area contributed by atoms with E-state index in [-0.39, 0.29) is 24.1 Å². The molecule has 2 aromatic rings. The largest absolute Gasteiger partial charge is 0.494 e. The zero-order valence-electron chi connectivity index (χ0n) is 18.3. The van der Waals surface area contributed by atoms with E-state index in [1.807, 2.05) is 31.2 Å². The number of hydrogen-bond acceptors (Lipinski definition) is 5. The zero-order valence-corrected chi connectivity index (χ0v) is 18.3. The highest BCUT2D eigenvalue weighted by Crippen LogP contribution is 2.34. The third-order valence-electron chi connectivity index (χ3n) is 5.77. The highest BCUT2D eigenvalue weighted by Gasteiger charge is 2.35. The van der Waals surface area contributed by atoms with Crippen LogP contribution in [0.2, 0.25) is 0 Å². The van der Waals surface area contributed by atoms with Crippen LogP contribution >= 0.6 is 0 Å². The molecule has 2 aliphatic heterocycles. The molecule has 0 bridgehead atoms. The minimum absolute atomic E-state index is 0.0685. The molecule has 3 amide bonds. The van der Waals surface area contributed by atoms with Crippen LogP contribution in [-0.2, 0) is 14.4 Å². The fourth-order valence-corrected chi connectivity index (χ4v) is 4.15. The maximum atomic E-state index is 12.9. The van der Waals surface area contributed by atoms with Gasteiger partial charge in [-0.15, -0.1) is 0 Å². The molecule has 8 nitrogen and oxygen atoms in total. The Morgan fingerprint density at radius 2 is 1.88 bits per heavy atom. The molecule has 1 atom stereocenters. The Morgan fingerprint density at radius 3 is 2.53 bits per heavy atom. The van der Waals surface area contributed by atoms with Gasteiger partial charge in [-0.1, -0.05) is 0 Å². The molecule has 2 saturated heterocycles. The standard InChI is InChI=1S/C24H27N3O5/c1-3-32-19-9-7-18(8-10-19)27-15-16(13-23(27)29)24(30)25-17-6-11-20(21(14-17)31-2)26-12-4-5-22(26)28/h6-11,14,16H,3-5,12-13,15H2,1-2H3,(H,25,30)/t16-/m0/s1. The van der Waals surface area contributed by atoms with Crippen molar-refractivity contribution in [3.05, 3.63) is 42.5 Å². The van der Waals surface area contributed by atoms with E-state index in [0.29, 0.717) is 43.2 Å². The lowest BCUT2D eigenvalue weighted by molar-refractivity contribution is -0.122. The highest BCUT2D eigenvalue weighted by molar-refractivity contribution is 6.04. The summed E-state index contributed by atoms with van der Waals surface area (Å²) in [7, 11) is 1.54. The molecule has 0 saturated carbocycles.